The molecule has 0 aliphatic heterocycles. The van der Waals surface area contributed by atoms with E-state index in [1.807, 2.05) is 0 Å². The lowest BCUT2D eigenvalue weighted by Gasteiger charge is -2.10. The molecule has 3 nitrogen and oxygen atoms in total. The van der Waals surface area contributed by atoms with Crippen molar-refractivity contribution in [2.75, 3.05) is 0 Å². The molecule has 0 spiro atoms. The van der Waals surface area contributed by atoms with E-state index in [0.29, 0.717) is 5.56 Å². The Bertz CT molecular complexity index is 519. The van der Waals surface area contributed by atoms with Crippen LogP contribution in [0.2, 0.25) is 0 Å². The van der Waals surface area contributed by atoms with E-state index < -0.39 is 12.7 Å². The largest absolute Gasteiger partial charge is 0.508 e. The van der Waals surface area contributed by atoms with Crippen LogP contribution in [0.4, 0.5) is 13.2 Å². The van der Waals surface area contributed by atoms with Crippen LogP contribution in [0.15, 0.2) is 36.7 Å². The number of aromatic hydroxyl groups is 1. The van der Waals surface area contributed by atoms with E-state index in [1.54, 1.807) is 12.1 Å². The fourth-order valence-electron chi connectivity index (χ4n) is 1.54. The molecule has 0 amide bonds. The molecule has 2 aromatic rings. The van der Waals surface area contributed by atoms with Crippen LogP contribution in [0, 0.1) is 0 Å². The lowest BCUT2D eigenvalue weighted by molar-refractivity contribution is -0.140. The predicted octanol–water partition coefficient (Wildman–Crippen LogP) is 2.82. The van der Waals surface area contributed by atoms with Crippen molar-refractivity contribution < 1.29 is 18.3 Å². The van der Waals surface area contributed by atoms with Crippen LogP contribution in [0.1, 0.15) is 0 Å². The summed E-state index contributed by atoms with van der Waals surface area (Å²) in [6.45, 7) is -1.10. The van der Waals surface area contributed by atoms with Gasteiger partial charge in [-0.05, 0) is 12.1 Å². The maximum Gasteiger partial charge on any atom is 0.406 e. The Morgan fingerprint density at radius 1 is 1.29 bits per heavy atom. The number of hydrogen-bond acceptors (Lipinski definition) is 2. The Labute approximate surface area is 95.1 Å². The van der Waals surface area contributed by atoms with Crippen molar-refractivity contribution >= 4 is 0 Å². The van der Waals surface area contributed by atoms with Crippen LogP contribution in [0.3, 0.4) is 0 Å². The SMILES string of the molecule is Oc1cccc(-c2nccn2CC(F)(F)F)c1. The minimum Gasteiger partial charge on any atom is -0.508 e. The van der Waals surface area contributed by atoms with Crippen LogP contribution < -0.4 is 0 Å². The minimum absolute atomic E-state index is 0.0101. The molecular formula is C11H9F3N2O. The molecule has 0 aliphatic rings. The molecule has 2 rings (SSSR count). The molecule has 0 radical (unpaired) electrons. The Hall–Kier alpha value is -1.98. The second kappa shape index (κ2) is 4.12. The summed E-state index contributed by atoms with van der Waals surface area (Å²) in [5.41, 5.74) is 0.444. The molecule has 0 aliphatic carbocycles. The minimum atomic E-state index is -4.30. The van der Waals surface area contributed by atoms with E-state index in [9.17, 15) is 18.3 Å². The molecule has 90 valence electrons. The van der Waals surface area contributed by atoms with Crippen LogP contribution in [0.25, 0.3) is 11.4 Å². The summed E-state index contributed by atoms with van der Waals surface area (Å²) in [5, 5.41) is 9.28. The normalized spacial score (nSPS) is 11.7. The fraction of sp³-hybridized carbons (Fsp3) is 0.182. The summed E-state index contributed by atoms with van der Waals surface area (Å²) >= 11 is 0. The van der Waals surface area contributed by atoms with Gasteiger partial charge in [-0.2, -0.15) is 13.2 Å². The number of rotatable bonds is 2. The summed E-state index contributed by atoms with van der Waals surface area (Å²) < 4.78 is 37.9. The molecular weight excluding hydrogens is 233 g/mol. The standard InChI is InChI=1S/C11H9F3N2O/c12-11(13,14)7-16-5-4-15-10(16)8-2-1-3-9(17)6-8/h1-6,17H,7H2. The molecule has 1 aromatic heterocycles. The van der Waals surface area contributed by atoms with Crippen LogP contribution in [-0.4, -0.2) is 20.8 Å². The van der Waals surface area contributed by atoms with E-state index in [4.69, 9.17) is 0 Å². The van der Waals surface area contributed by atoms with Gasteiger partial charge in [0, 0.05) is 18.0 Å². The number of phenolic OH excluding ortho intramolecular Hbond substituents is 1. The highest BCUT2D eigenvalue weighted by Crippen LogP contribution is 2.25. The van der Waals surface area contributed by atoms with Crippen molar-refractivity contribution in [3.63, 3.8) is 0 Å². The molecule has 17 heavy (non-hydrogen) atoms. The molecule has 1 heterocycles. The quantitative estimate of drug-likeness (QED) is 0.879. The number of nitrogens with zero attached hydrogens (tertiary/aromatic N) is 2. The van der Waals surface area contributed by atoms with Gasteiger partial charge < -0.3 is 9.67 Å². The second-order valence-corrected chi connectivity index (χ2v) is 3.54. The maximum atomic E-state index is 12.3. The van der Waals surface area contributed by atoms with Gasteiger partial charge in [0.05, 0.1) is 0 Å². The van der Waals surface area contributed by atoms with Gasteiger partial charge in [0.25, 0.3) is 0 Å². The van der Waals surface area contributed by atoms with Crippen LogP contribution in [0.5, 0.6) is 5.75 Å². The number of phenols is 1. The monoisotopic (exact) mass is 242 g/mol. The first-order valence-electron chi connectivity index (χ1n) is 4.83. The molecule has 1 N–H and O–H groups in total. The Balaban J connectivity index is 2.37. The highest BCUT2D eigenvalue weighted by atomic mass is 19.4. The van der Waals surface area contributed by atoms with Gasteiger partial charge >= 0.3 is 6.18 Å². The smallest absolute Gasteiger partial charge is 0.406 e. The second-order valence-electron chi connectivity index (χ2n) is 3.54. The molecule has 1 aromatic carbocycles. The summed E-state index contributed by atoms with van der Waals surface area (Å²) in [4.78, 5) is 3.86. The van der Waals surface area contributed by atoms with Gasteiger partial charge in [0.2, 0.25) is 0 Å². The lowest BCUT2D eigenvalue weighted by atomic mass is 10.2. The van der Waals surface area contributed by atoms with Crippen LogP contribution in [-0.2, 0) is 6.54 Å². The highest BCUT2D eigenvalue weighted by Gasteiger charge is 2.29. The first-order chi connectivity index (χ1) is 7.96. The number of hydrogen-bond donors (Lipinski definition) is 1. The average molecular weight is 242 g/mol. The topological polar surface area (TPSA) is 38.1 Å². The van der Waals surface area contributed by atoms with Crippen LogP contribution >= 0.6 is 0 Å². The molecule has 0 saturated carbocycles. The number of imidazole rings is 1. The third kappa shape index (κ3) is 2.77. The van der Waals surface area contributed by atoms with Crippen molar-refractivity contribution in [1.29, 1.82) is 0 Å². The van der Waals surface area contributed by atoms with Gasteiger partial charge in [-0.15, -0.1) is 0 Å². The highest BCUT2D eigenvalue weighted by molar-refractivity contribution is 5.57. The fourth-order valence-corrected chi connectivity index (χ4v) is 1.54. The van der Waals surface area contributed by atoms with Crippen molar-refractivity contribution in [3.8, 4) is 17.1 Å². The molecule has 0 fully saturated rings. The van der Waals surface area contributed by atoms with E-state index >= 15 is 0 Å². The van der Waals surface area contributed by atoms with E-state index in [0.717, 1.165) is 4.57 Å². The summed E-state index contributed by atoms with van der Waals surface area (Å²) in [6.07, 6.45) is -1.75. The first-order valence-corrected chi connectivity index (χ1v) is 4.83. The van der Waals surface area contributed by atoms with E-state index in [-0.39, 0.29) is 11.6 Å². The number of aromatic nitrogens is 2. The van der Waals surface area contributed by atoms with Gasteiger partial charge in [0.1, 0.15) is 18.1 Å². The number of benzene rings is 1. The van der Waals surface area contributed by atoms with Gasteiger partial charge in [0.15, 0.2) is 0 Å². The third-order valence-electron chi connectivity index (χ3n) is 2.17. The van der Waals surface area contributed by atoms with Gasteiger partial charge in [-0.1, -0.05) is 12.1 Å². The molecule has 6 heteroatoms. The average Bonchev–Trinajstić information content (AvgIpc) is 2.63. The Morgan fingerprint density at radius 2 is 2.06 bits per heavy atom. The lowest BCUT2D eigenvalue weighted by Crippen LogP contribution is -2.17. The van der Waals surface area contributed by atoms with Crippen molar-refractivity contribution in [2.24, 2.45) is 0 Å². The van der Waals surface area contributed by atoms with Crippen molar-refractivity contribution in [2.45, 2.75) is 12.7 Å². The first kappa shape index (κ1) is 11.5. The predicted molar refractivity (Wildman–Crippen MR) is 55.4 cm³/mol. The maximum absolute atomic E-state index is 12.3. The third-order valence-corrected chi connectivity index (χ3v) is 2.17. The zero-order chi connectivity index (χ0) is 12.5. The summed E-state index contributed by atoms with van der Waals surface area (Å²) in [5.74, 6) is 0.169. The zero-order valence-corrected chi connectivity index (χ0v) is 8.65. The Kier molecular flexibility index (Phi) is 2.79. The molecule has 0 saturated heterocycles. The van der Waals surface area contributed by atoms with Crippen molar-refractivity contribution in [3.05, 3.63) is 36.7 Å². The van der Waals surface area contributed by atoms with E-state index in [2.05, 4.69) is 4.98 Å². The Morgan fingerprint density at radius 3 is 2.71 bits per heavy atom. The van der Waals surface area contributed by atoms with Crippen molar-refractivity contribution in [1.82, 2.24) is 9.55 Å². The number of alkyl halides is 3. The molecule has 0 unspecified atom stereocenters. The number of halogens is 3. The van der Waals surface area contributed by atoms with Gasteiger partial charge in [-0.25, -0.2) is 4.98 Å². The molecule has 0 atom stereocenters. The molecule has 0 bridgehead atoms. The van der Waals surface area contributed by atoms with E-state index in [1.165, 1.54) is 24.5 Å². The zero-order valence-electron chi connectivity index (χ0n) is 8.65. The van der Waals surface area contributed by atoms with Gasteiger partial charge in [-0.3, -0.25) is 0 Å². The summed E-state index contributed by atoms with van der Waals surface area (Å²) in [6, 6.07) is 5.96. The summed E-state index contributed by atoms with van der Waals surface area (Å²) in [7, 11) is 0.